The van der Waals surface area contributed by atoms with Gasteiger partial charge < -0.3 is 9.64 Å². The number of alkyl halides is 3. The van der Waals surface area contributed by atoms with Gasteiger partial charge in [-0.2, -0.15) is 13.2 Å². The van der Waals surface area contributed by atoms with Gasteiger partial charge in [0.1, 0.15) is 5.60 Å². The van der Waals surface area contributed by atoms with Crippen LogP contribution in [0.1, 0.15) is 79.1 Å². The highest BCUT2D eigenvalue weighted by molar-refractivity contribution is 5.97. The van der Waals surface area contributed by atoms with E-state index in [9.17, 15) is 22.8 Å². The number of amides is 1. The summed E-state index contributed by atoms with van der Waals surface area (Å²) < 4.78 is 44.2. The van der Waals surface area contributed by atoms with Gasteiger partial charge in [-0.05, 0) is 92.8 Å². The fourth-order valence-electron chi connectivity index (χ4n) is 5.96. The molecule has 1 aliphatic carbocycles. The third kappa shape index (κ3) is 6.60. The molecule has 0 aromatic heterocycles. The van der Waals surface area contributed by atoms with Gasteiger partial charge >= 0.3 is 12.3 Å². The van der Waals surface area contributed by atoms with Crippen molar-refractivity contribution >= 4 is 17.4 Å². The number of nitrogens with zero attached hydrogens (tertiary/aromatic N) is 2. The average molecular weight is 555 g/mol. The van der Waals surface area contributed by atoms with E-state index in [2.05, 4.69) is 11.0 Å². The average Bonchev–Trinajstić information content (AvgIpc) is 3.25. The fourth-order valence-corrected chi connectivity index (χ4v) is 5.96. The second-order valence-corrected chi connectivity index (χ2v) is 12.3. The summed E-state index contributed by atoms with van der Waals surface area (Å²) in [5.41, 5.74) is 5.46. The number of benzene rings is 2. The second-order valence-electron chi connectivity index (χ2n) is 12.3. The van der Waals surface area contributed by atoms with E-state index in [1.165, 1.54) is 16.7 Å². The minimum absolute atomic E-state index is 0.130. The maximum Gasteiger partial charge on any atom is 0.416 e. The molecular weight excluding hydrogens is 517 g/mol. The molecule has 0 spiro atoms. The summed E-state index contributed by atoms with van der Waals surface area (Å²) in [7, 11) is 0. The monoisotopic (exact) mass is 554 g/mol. The Kier molecular flexibility index (Phi) is 7.83. The van der Waals surface area contributed by atoms with E-state index < -0.39 is 17.3 Å². The van der Waals surface area contributed by atoms with Crippen LogP contribution in [-0.2, 0) is 23.9 Å². The predicted molar refractivity (Wildman–Crippen MR) is 148 cm³/mol. The first kappa shape index (κ1) is 28.4. The van der Waals surface area contributed by atoms with Gasteiger partial charge in [0.15, 0.2) is 5.78 Å². The van der Waals surface area contributed by atoms with E-state index in [-0.39, 0.29) is 17.8 Å². The predicted octanol–water partition coefficient (Wildman–Crippen LogP) is 7.14. The topological polar surface area (TPSA) is 49.9 Å². The van der Waals surface area contributed by atoms with Crippen molar-refractivity contribution in [1.82, 2.24) is 9.80 Å². The lowest BCUT2D eigenvalue weighted by atomic mass is 9.89. The molecule has 0 atom stereocenters. The molecule has 214 valence electrons. The molecule has 0 N–H and O–H groups in total. The normalized spacial score (nSPS) is 18.5. The van der Waals surface area contributed by atoms with Crippen LogP contribution in [0.2, 0.25) is 0 Å². The first-order valence-electron chi connectivity index (χ1n) is 14.1. The number of hydrogen-bond acceptors (Lipinski definition) is 4. The van der Waals surface area contributed by atoms with Crippen molar-refractivity contribution in [1.29, 1.82) is 0 Å². The van der Waals surface area contributed by atoms with Crippen molar-refractivity contribution < 1.29 is 27.5 Å². The lowest BCUT2D eigenvalue weighted by Crippen LogP contribution is -2.42. The molecule has 5 rings (SSSR count). The van der Waals surface area contributed by atoms with E-state index in [1.54, 1.807) is 17.0 Å². The summed E-state index contributed by atoms with van der Waals surface area (Å²) in [5.74, 6) is 0.369. The number of rotatable bonds is 5. The van der Waals surface area contributed by atoms with Gasteiger partial charge in [-0.1, -0.05) is 29.8 Å². The van der Waals surface area contributed by atoms with Crippen molar-refractivity contribution in [2.24, 2.45) is 5.92 Å². The maximum atomic E-state index is 13.3. The molecule has 2 aliphatic heterocycles. The lowest BCUT2D eigenvalue weighted by molar-refractivity contribution is -0.137. The van der Waals surface area contributed by atoms with E-state index >= 15 is 0 Å². The van der Waals surface area contributed by atoms with Gasteiger partial charge in [0, 0.05) is 44.7 Å². The number of hydrogen-bond donors (Lipinski definition) is 0. The van der Waals surface area contributed by atoms with E-state index in [1.807, 2.05) is 32.9 Å². The molecule has 0 unspecified atom stereocenters. The van der Waals surface area contributed by atoms with Crippen LogP contribution < -0.4 is 0 Å². The first-order chi connectivity index (χ1) is 18.9. The first-order valence-corrected chi connectivity index (χ1v) is 14.1. The number of likely N-dealkylation sites (tertiary alicyclic amines) is 1. The molecule has 2 aromatic rings. The minimum Gasteiger partial charge on any atom is -0.444 e. The molecule has 5 nitrogen and oxygen atoms in total. The fraction of sp³-hybridized carbons (Fsp3) is 0.500. The Hall–Kier alpha value is -3.13. The number of carbonyl (C=O) groups excluding carboxylic acids is 2. The van der Waals surface area contributed by atoms with Gasteiger partial charge in [-0.15, -0.1) is 0 Å². The summed E-state index contributed by atoms with van der Waals surface area (Å²) in [6, 6.07) is 11.5. The molecule has 0 saturated carbocycles. The molecule has 8 heteroatoms. The van der Waals surface area contributed by atoms with E-state index in [0.717, 1.165) is 67.6 Å². The Morgan fingerprint density at radius 1 is 0.975 bits per heavy atom. The van der Waals surface area contributed by atoms with Crippen molar-refractivity contribution in [3.8, 4) is 0 Å². The SMILES string of the molecule is CC(C)(C)OC(=O)N1CCC(CC(=O)c2ccc3c(c2)C2=C(CCN(Cc4ccc(C(F)(F)F)cc4)C2)C3)CC1. The second kappa shape index (κ2) is 11.0. The van der Waals surface area contributed by atoms with Gasteiger partial charge in [0.05, 0.1) is 5.56 Å². The molecule has 3 aliphatic rings. The smallest absolute Gasteiger partial charge is 0.416 e. The highest BCUT2D eigenvalue weighted by Crippen LogP contribution is 2.39. The Labute approximate surface area is 234 Å². The molecule has 2 aromatic carbocycles. The molecule has 1 fully saturated rings. The van der Waals surface area contributed by atoms with E-state index in [0.29, 0.717) is 26.1 Å². The molecule has 1 amide bonds. The van der Waals surface area contributed by atoms with Crippen LogP contribution in [0.25, 0.3) is 5.57 Å². The highest BCUT2D eigenvalue weighted by atomic mass is 19.4. The van der Waals surface area contributed by atoms with Crippen LogP contribution in [0.15, 0.2) is 48.0 Å². The number of Topliss-reactive ketones (excluding diaryl/α,β-unsaturated/α-hetero) is 1. The van der Waals surface area contributed by atoms with Crippen LogP contribution >= 0.6 is 0 Å². The molecule has 0 radical (unpaired) electrons. The van der Waals surface area contributed by atoms with Crippen LogP contribution in [0.3, 0.4) is 0 Å². The van der Waals surface area contributed by atoms with Crippen molar-refractivity contribution in [3.05, 3.63) is 75.9 Å². The Bertz CT molecular complexity index is 1300. The molecule has 0 bridgehead atoms. The summed E-state index contributed by atoms with van der Waals surface area (Å²) in [6.45, 7) is 8.95. The number of fused-ring (bicyclic) bond motifs is 2. The molecule has 1 saturated heterocycles. The highest BCUT2D eigenvalue weighted by Gasteiger charge is 2.32. The van der Waals surface area contributed by atoms with Crippen molar-refractivity contribution in [2.45, 2.75) is 71.2 Å². The number of ether oxygens (including phenoxy) is 1. The van der Waals surface area contributed by atoms with Gasteiger partial charge in [-0.25, -0.2) is 4.79 Å². The summed E-state index contributed by atoms with van der Waals surface area (Å²) in [4.78, 5) is 29.6. The number of halogens is 3. The zero-order valence-electron chi connectivity index (χ0n) is 23.4. The quantitative estimate of drug-likeness (QED) is 0.369. The molecular formula is C32H37F3N2O3. The van der Waals surface area contributed by atoms with Crippen LogP contribution in [0, 0.1) is 5.92 Å². The number of piperidine rings is 1. The summed E-state index contributed by atoms with van der Waals surface area (Å²) in [6.07, 6.45) is -0.773. The Morgan fingerprint density at radius 3 is 2.33 bits per heavy atom. The third-order valence-electron chi connectivity index (χ3n) is 8.13. The van der Waals surface area contributed by atoms with Gasteiger partial charge in [0.2, 0.25) is 0 Å². The minimum atomic E-state index is -4.33. The largest absolute Gasteiger partial charge is 0.444 e. The van der Waals surface area contributed by atoms with Gasteiger partial charge in [-0.3, -0.25) is 9.69 Å². The number of ketones is 1. The van der Waals surface area contributed by atoms with Crippen LogP contribution in [0.4, 0.5) is 18.0 Å². The Morgan fingerprint density at radius 2 is 1.68 bits per heavy atom. The zero-order valence-corrected chi connectivity index (χ0v) is 23.4. The van der Waals surface area contributed by atoms with Crippen molar-refractivity contribution in [3.63, 3.8) is 0 Å². The van der Waals surface area contributed by atoms with Crippen LogP contribution in [0.5, 0.6) is 0 Å². The molecule has 2 heterocycles. The lowest BCUT2D eigenvalue weighted by Gasteiger charge is -2.33. The summed E-state index contributed by atoms with van der Waals surface area (Å²) in [5, 5.41) is 0. The van der Waals surface area contributed by atoms with Crippen LogP contribution in [-0.4, -0.2) is 53.5 Å². The third-order valence-corrected chi connectivity index (χ3v) is 8.13. The standard InChI is InChI=1S/C32H37F3N2O3/c1-31(2,3)40-30(39)37-14-10-21(11-15-37)16-29(38)25-7-6-23-17-24-12-13-36(20-28(24)27(23)18-25)19-22-4-8-26(9-5-22)32(33,34)35/h4-9,18,21H,10-17,19-20H2,1-3H3. The van der Waals surface area contributed by atoms with Gasteiger partial charge in [0.25, 0.3) is 0 Å². The van der Waals surface area contributed by atoms with Crippen molar-refractivity contribution in [2.75, 3.05) is 26.2 Å². The summed E-state index contributed by atoms with van der Waals surface area (Å²) >= 11 is 0. The number of carbonyl (C=O) groups is 2. The zero-order chi connectivity index (χ0) is 28.7. The Balaban J connectivity index is 1.19. The maximum absolute atomic E-state index is 13.3. The molecule has 40 heavy (non-hydrogen) atoms. The van der Waals surface area contributed by atoms with E-state index in [4.69, 9.17) is 4.74 Å².